The highest BCUT2D eigenvalue weighted by Gasteiger charge is 2.20. The van der Waals surface area contributed by atoms with Crippen molar-refractivity contribution in [1.29, 1.82) is 0 Å². The second kappa shape index (κ2) is 5.63. The number of halogens is 1. The fourth-order valence-electron chi connectivity index (χ4n) is 1.24. The van der Waals surface area contributed by atoms with Gasteiger partial charge in [0.05, 0.1) is 4.92 Å². The van der Waals surface area contributed by atoms with E-state index in [1.807, 2.05) is 13.8 Å². The zero-order valence-electron chi connectivity index (χ0n) is 9.57. The number of nitrogens with zero attached hydrogens (tertiary/aromatic N) is 1. The van der Waals surface area contributed by atoms with Crippen molar-refractivity contribution in [1.82, 2.24) is 5.32 Å². The molecule has 6 heteroatoms. The van der Waals surface area contributed by atoms with Crippen molar-refractivity contribution in [2.24, 2.45) is 5.92 Å². The van der Waals surface area contributed by atoms with Crippen molar-refractivity contribution in [3.63, 3.8) is 0 Å². The van der Waals surface area contributed by atoms with Gasteiger partial charge in [0.15, 0.2) is 0 Å². The molecule has 0 unspecified atom stereocenters. The van der Waals surface area contributed by atoms with Crippen LogP contribution in [0.2, 0.25) is 5.02 Å². The molecule has 0 aliphatic heterocycles. The Balaban J connectivity index is 2.96. The molecule has 17 heavy (non-hydrogen) atoms. The van der Waals surface area contributed by atoms with Gasteiger partial charge in [-0.25, -0.2) is 0 Å². The van der Waals surface area contributed by atoms with E-state index in [2.05, 4.69) is 5.32 Å². The summed E-state index contributed by atoms with van der Waals surface area (Å²) in [7, 11) is 0. The van der Waals surface area contributed by atoms with Crippen LogP contribution >= 0.6 is 11.6 Å². The van der Waals surface area contributed by atoms with Crippen LogP contribution in [-0.2, 0) is 0 Å². The molecule has 0 heterocycles. The molecule has 0 atom stereocenters. The highest BCUT2D eigenvalue weighted by Crippen LogP contribution is 2.23. The minimum atomic E-state index is -0.615. The highest BCUT2D eigenvalue weighted by molar-refractivity contribution is 6.31. The van der Waals surface area contributed by atoms with Gasteiger partial charge in [0.2, 0.25) is 0 Å². The van der Waals surface area contributed by atoms with Crippen molar-refractivity contribution < 1.29 is 9.72 Å². The molecule has 0 saturated heterocycles. The summed E-state index contributed by atoms with van der Waals surface area (Å²) in [4.78, 5) is 21.9. The average Bonchev–Trinajstić information content (AvgIpc) is 2.25. The summed E-state index contributed by atoms with van der Waals surface area (Å²) < 4.78 is 0. The normalized spacial score (nSPS) is 10.4. The average molecular weight is 257 g/mol. The Morgan fingerprint density at radius 3 is 2.71 bits per heavy atom. The number of carbonyl (C=O) groups excluding carboxylic acids is 1. The lowest BCUT2D eigenvalue weighted by Gasteiger charge is -2.07. The third-order valence-electron chi connectivity index (χ3n) is 2.07. The number of nitro groups is 1. The number of nitro benzene ring substituents is 1. The maximum Gasteiger partial charge on any atom is 0.283 e. The molecular weight excluding hydrogens is 244 g/mol. The van der Waals surface area contributed by atoms with E-state index in [1.165, 1.54) is 18.2 Å². The van der Waals surface area contributed by atoms with Crippen LogP contribution in [0.15, 0.2) is 18.2 Å². The lowest BCUT2D eigenvalue weighted by molar-refractivity contribution is -0.385. The van der Waals surface area contributed by atoms with Crippen molar-refractivity contribution in [2.75, 3.05) is 6.54 Å². The van der Waals surface area contributed by atoms with Crippen LogP contribution < -0.4 is 5.32 Å². The largest absolute Gasteiger partial charge is 0.352 e. The number of rotatable bonds is 4. The minimum Gasteiger partial charge on any atom is -0.352 e. The van der Waals surface area contributed by atoms with Gasteiger partial charge in [0.1, 0.15) is 5.56 Å². The van der Waals surface area contributed by atoms with Crippen LogP contribution in [-0.4, -0.2) is 17.4 Å². The third-order valence-corrected chi connectivity index (χ3v) is 2.31. The number of amides is 1. The van der Waals surface area contributed by atoms with Gasteiger partial charge in [0, 0.05) is 17.6 Å². The van der Waals surface area contributed by atoms with Crippen molar-refractivity contribution in [3.8, 4) is 0 Å². The van der Waals surface area contributed by atoms with Gasteiger partial charge in [-0.3, -0.25) is 14.9 Å². The topological polar surface area (TPSA) is 72.2 Å². The molecule has 0 bridgehead atoms. The van der Waals surface area contributed by atoms with Crippen LogP contribution in [0.5, 0.6) is 0 Å². The van der Waals surface area contributed by atoms with Crippen LogP contribution in [0.25, 0.3) is 0 Å². The third kappa shape index (κ3) is 3.71. The maximum absolute atomic E-state index is 11.7. The summed E-state index contributed by atoms with van der Waals surface area (Å²) in [5, 5.41) is 13.6. The summed E-state index contributed by atoms with van der Waals surface area (Å²) in [5.74, 6) is -0.174. The second-order valence-electron chi connectivity index (χ2n) is 4.02. The molecule has 1 aromatic rings. The highest BCUT2D eigenvalue weighted by atomic mass is 35.5. The Morgan fingerprint density at radius 1 is 1.53 bits per heavy atom. The van der Waals surface area contributed by atoms with E-state index in [9.17, 15) is 14.9 Å². The predicted octanol–water partition coefficient (Wildman–Crippen LogP) is 2.63. The first-order chi connectivity index (χ1) is 7.91. The van der Waals surface area contributed by atoms with E-state index >= 15 is 0 Å². The Kier molecular flexibility index (Phi) is 4.45. The van der Waals surface area contributed by atoms with Gasteiger partial charge >= 0.3 is 0 Å². The Hall–Kier alpha value is -1.62. The predicted molar refractivity (Wildman–Crippen MR) is 65.3 cm³/mol. The number of nitrogens with one attached hydrogen (secondary N) is 1. The van der Waals surface area contributed by atoms with E-state index in [0.29, 0.717) is 6.54 Å². The molecule has 0 fully saturated rings. The minimum absolute atomic E-state index is 0.0278. The number of hydrogen-bond acceptors (Lipinski definition) is 3. The number of benzene rings is 1. The Morgan fingerprint density at radius 2 is 2.18 bits per heavy atom. The van der Waals surface area contributed by atoms with Crippen molar-refractivity contribution >= 4 is 23.2 Å². The van der Waals surface area contributed by atoms with Crippen LogP contribution in [0.1, 0.15) is 24.2 Å². The quantitative estimate of drug-likeness (QED) is 0.665. The lowest BCUT2D eigenvalue weighted by atomic mass is 10.1. The molecule has 1 N–H and O–H groups in total. The van der Waals surface area contributed by atoms with Gasteiger partial charge in [-0.2, -0.15) is 0 Å². The second-order valence-corrected chi connectivity index (χ2v) is 4.46. The molecule has 1 rings (SSSR count). The zero-order chi connectivity index (χ0) is 13.0. The standard InChI is InChI=1S/C11H13ClN2O3/c1-7(2)6-13-11(15)9-4-3-8(12)5-10(9)14(16)17/h3-5,7H,6H2,1-2H3,(H,13,15). The van der Waals surface area contributed by atoms with Gasteiger partial charge in [0.25, 0.3) is 11.6 Å². The van der Waals surface area contributed by atoms with Crippen molar-refractivity contribution in [3.05, 3.63) is 38.9 Å². The summed E-state index contributed by atoms with van der Waals surface area (Å²) in [5.41, 5.74) is -0.251. The molecule has 1 aromatic carbocycles. The monoisotopic (exact) mass is 256 g/mol. The SMILES string of the molecule is CC(C)CNC(=O)c1ccc(Cl)cc1[N+](=O)[O-]. The van der Waals surface area contributed by atoms with E-state index < -0.39 is 10.8 Å². The van der Waals surface area contributed by atoms with Gasteiger partial charge in [-0.05, 0) is 18.1 Å². The summed E-state index contributed by atoms with van der Waals surface area (Å²) >= 11 is 5.66. The van der Waals surface area contributed by atoms with E-state index in [4.69, 9.17) is 11.6 Å². The molecule has 92 valence electrons. The fraction of sp³-hybridized carbons (Fsp3) is 0.364. The molecular formula is C11H13ClN2O3. The molecule has 0 aromatic heterocycles. The van der Waals surface area contributed by atoms with Gasteiger partial charge in [-0.1, -0.05) is 25.4 Å². The summed E-state index contributed by atoms with van der Waals surface area (Å²) in [6, 6.07) is 3.99. The van der Waals surface area contributed by atoms with Crippen LogP contribution in [0.4, 0.5) is 5.69 Å². The first-order valence-corrected chi connectivity index (χ1v) is 5.51. The molecule has 0 aliphatic rings. The van der Waals surface area contributed by atoms with Crippen LogP contribution in [0, 0.1) is 16.0 Å². The molecule has 5 nitrogen and oxygen atoms in total. The van der Waals surface area contributed by atoms with Crippen LogP contribution in [0.3, 0.4) is 0 Å². The molecule has 1 amide bonds. The van der Waals surface area contributed by atoms with Gasteiger partial charge in [-0.15, -0.1) is 0 Å². The fourth-order valence-corrected chi connectivity index (χ4v) is 1.41. The number of carbonyl (C=O) groups is 1. The molecule has 0 saturated carbocycles. The molecule has 0 spiro atoms. The smallest absolute Gasteiger partial charge is 0.283 e. The lowest BCUT2D eigenvalue weighted by Crippen LogP contribution is -2.27. The summed E-state index contributed by atoms with van der Waals surface area (Å²) in [6.45, 7) is 4.35. The first-order valence-electron chi connectivity index (χ1n) is 5.14. The number of hydrogen-bond donors (Lipinski definition) is 1. The van der Waals surface area contributed by atoms with E-state index in [1.54, 1.807) is 0 Å². The summed E-state index contributed by atoms with van der Waals surface area (Å²) in [6.07, 6.45) is 0. The van der Waals surface area contributed by atoms with E-state index in [0.717, 1.165) is 0 Å². The maximum atomic E-state index is 11.7. The van der Waals surface area contributed by atoms with E-state index in [-0.39, 0.29) is 22.2 Å². The molecule has 0 aliphatic carbocycles. The first kappa shape index (κ1) is 13.4. The zero-order valence-corrected chi connectivity index (χ0v) is 10.3. The van der Waals surface area contributed by atoms with Gasteiger partial charge < -0.3 is 5.32 Å². The molecule has 0 radical (unpaired) electrons. The Labute approximate surface area is 104 Å². The Bertz CT molecular complexity index is 446. The van der Waals surface area contributed by atoms with Crippen molar-refractivity contribution in [2.45, 2.75) is 13.8 Å².